The lowest BCUT2D eigenvalue weighted by molar-refractivity contribution is -0.148. The minimum atomic E-state index is -1.17. The number of hydrogen-bond acceptors (Lipinski definition) is 4. The maximum atomic E-state index is 12.4. The van der Waals surface area contributed by atoms with E-state index >= 15 is 0 Å². The third-order valence-corrected chi connectivity index (χ3v) is 4.19. The van der Waals surface area contributed by atoms with Crippen molar-refractivity contribution in [1.29, 1.82) is 0 Å². The van der Waals surface area contributed by atoms with Crippen LogP contribution < -0.4 is 14.8 Å². The van der Waals surface area contributed by atoms with Gasteiger partial charge in [-0.3, -0.25) is 4.79 Å². The van der Waals surface area contributed by atoms with Gasteiger partial charge in [-0.1, -0.05) is 18.5 Å². The lowest BCUT2D eigenvalue weighted by atomic mass is 9.76. The predicted molar refractivity (Wildman–Crippen MR) is 85.5 cm³/mol. The first kappa shape index (κ1) is 17.4. The number of carboxylic acids is 1. The molecule has 6 nitrogen and oxygen atoms in total. The van der Waals surface area contributed by atoms with E-state index < -0.39 is 17.4 Å². The average Bonchev–Trinajstić information content (AvgIpc) is 2.48. The van der Waals surface area contributed by atoms with Gasteiger partial charge in [0.05, 0.1) is 18.7 Å². The average molecular weight is 342 g/mol. The van der Waals surface area contributed by atoms with Gasteiger partial charge in [0.15, 0.2) is 11.5 Å². The van der Waals surface area contributed by atoms with Crippen molar-refractivity contribution in [3.8, 4) is 11.5 Å². The van der Waals surface area contributed by atoms with Crippen molar-refractivity contribution in [2.75, 3.05) is 13.7 Å². The highest BCUT2D eigenvalue weighted by molar-refractivity contribution is 6.32. The van der Waals surface area contributed by atoms with Crippen LogP contribution in [0.5, 0.6) is 11.5 Å². The molecule has 0 bridgehead atoms. The molecular formula is C16H20ClNO5. The van der Waals surface area contributed by atoms with Gasteiger partial charge >= 0.3 is 5.97 Å². The minimum Gasteiger partial charge on any atom is -0.493 e. The van der Waals surface area contributed by atoms with Gasteiger partial charge in [-0.25, -0.2) is 4.79 Å². The largest absolute Gasteiger partial charge is 0.493 e. The van der Waals surface area contributed by atoms with Gasteiger partial charge in [0, 0.05) is 5.56 Å². The molecule has 0 aliphatic heterocycles. The maximum Gasteiger partial charge on any atom is 0.329 e. The number of carbonyl (C=O) groups is 2. The topological polar surface area (TPSA) is 84.9 Å². The summed E-state index contributed by atoms with van der Waals surface area (Å²) in [6, 6.07) is 2.96. The van der Waals surface area contributed by atoms with Crippen molar-refractivity contribution in [3.05, 3.63) is 22.7 Å². The Balaban J connectivity index is 2.24. The number of benzene rings is 1. The van der Waals surface area contributed by atoms with E-state index in [0.29, 0.717) is 30.9 Å². The molecule has 0 atom stereocenters. The second-order valence-electron chi connectivity index (χ2n) is 5.53. The molecule has 126 valence electrons. The smallest absolute Gasteiger partial charge is 0.329 e. The molecule has 0 aromatic heterocycles. The normalized spacial score (nSPS) is 15.4. The van der Waals surface area contributed by atoms with Gasteiger partial charge in [-0.05, 0) is 37.8 Å². The molecule has 1 saturated carbocycles. The number of ether oxygens (including phenoxy) is 2. The fraction of sp³-hybridized carbons (Fsp3) is 0.500. The number of rotatable bonds is 7. The van der Waals surface area contributed by atoms with Crippen molar-refractivity contribution in [1.82, 2.24) is 5.32 Å². The Labute approximate surface area is 139 Å². The van der Waals surface area contributed by atoms with Crippen LogP contribution in [-0.4, -0.2) is 36.2 Å². The molecule has 0 heterocycles. The molecule has 2 rings (SSSR count). The third kappa shape index (κ3) is 3.52. The molecule has 7 heteroatoms. The van der Waals surface area contributed by atoms with E-state index in [0.717, 1.165) is 12.8 Å². The molecule has 1 amide bonds. The van der Waals surface area contributed by atoms with Crippen LogP contribution in [0, 0.1) is 0 Å². The summed E-state index contributed by atoms with van der Waals surface area (Å²) in [6.45, 7) is 2.44. The van der Waals surface area contributed by atoms with E-state index in [1.165, 1.54) is 19.2 Å². The number of carbonyl (C=O) groups excluding carboxylic acids is 1. The number of amides is 1. The van der Waals surface area contributed by atoms with Crippen molar-refractivity contribution in [2.45, 2.75) is 38.1 Å². The molecule has 1 fully saturated rings. The summed E-state index contributed by atoms with van der Waals surface area (Å²) >= 11 is 6.17. The first-order chi connectivity index (χ1) is 10.9. The summed E-state index contributed by atoms with van der Waals surface area (Å²) in [5.74, 6) is -0.786. The maximum absolute atomic E-state index is 12.4. The molecule has 1 aliphatic carbocycles. The zero-order valence-electron chi connectivity index (χ0n) is 13.1. The molecule has 23 heavy (non-hydrogen) atoms. The molecule has 1 aliphatic rings. The Morgan fingerprint density at radius 3 is 2.57 bits per heavy atom. The zero-order valence-corrected chi connectivity index (χ0v) is 13.9. The molecule has 0 unspecified atom stereocenters. The van der Waals surface area contributed by atoms with Gasteiger partial charge in [0.25, 0.3) is 5.91 Å². The number of nitrogens with one attached hydrogen (secondary N) is 1. The summed E-state index contributed by atoms with van der Waals surface area (Å²) in [4.78, 5) is 23.7. The summed E-state index contributed by atoms with van der Waals surface area (Å²) in [5.41, 5.74) is -0.933. The fourth-order valence-corrected chi connectivity index (χ4v) is 2.67. The standard InChI is InChI=1S/C16H20ClNO5/c1-3-7-23-13-11(17)8-10(9-12(13)22-2)14(19)18-16(15(20)21)5-4-6-16/h8-9H,3-7H2,1-2H3,(H,18,19)(H,20,21). The Bertz CT molecular complexity index is 613. The Kier molecular flexibility index (Phi) is 5.36. The fourth-order valence-electron chi connectivity index (χ4n) is 2.41. The highest BCUT2D eigenvalue weighted by atomic mass is 35.5. The third-order valence-electron chi connectivity index (χ3n) is 3.91. The van der Waals surface area contributed by atoms with Gasteiger partial charge in [-0.15, -0.1) is 0 Å². The van der Waals surface area contributed by atoms with Crippen LogP contribution in [-0.2, 0) is 4.79 Å². The molecule has 2 N–H and O–H groups in total. The zero-order chi connectivity index (χ0) is 17.0. The molecular weight excluding hydrogens is 322 g/mol. The van der Waals surface area contributed by atoms with Crippen molar-refractivity contribution in [2.24, 2.45) is 0 Å². The van der Waals surface area contributed by atoms with Crippen LogP contribution in [0.25, 0.3) is 0 Å². The summed E-state index contributed by atoms with van der Waals surface area (Å²) in [7, 11) is 1.46. The van der Waals surface area contributed by atoms with Crippen LogP contribution >= 0.6 is 11.6 Å². The van der Waals surface area contributed by atoms with E-state index in [4.69, 9.17) is 21.1 Å². The molecule has 0 saturated heterocycles. The number of carboxylic acid groups (broad SMARTS) is 1. The van der Waals surface area contributed by atoms with E-state index in [9.17, 15) is 14.7 Å². The highest BCUT2D eigenvalue weighted by Crippen LogP contribution is 2.37. The Hall–Kier alpha value is -1.95. The van der Waals surface area contributed by atoms with Crippen LogP contribution in [0.15, 0.2) is 12.1 Å². The molecule has 1 aromatic rings. The summed E-state index contributed by atoms with van der Waals surface area (Å²) < 4.78 is 10.8. The van der Waals surface area contributed by atoms with E-state index in [-0.39, 0.29) is 10.6 Å². The van der Waals surface area contributed by atoms with Crippen LogP contribution in [0.1, 0.15) is 43.0 Å². The number of hydrogen-bond donors (Lipinski definition) is 2. The van der Waals surface area contributed by atoms with Gasteiger partial charge < -0.3 is 19.9 Å². The predicted octanol–water partition coefficient (Wildman–Crippen LogP) is 2.87. The van der Waals surface area contributed by atoms with E-state index in [1.54, 1.807) is 0 Å². The lowest BCUT2D eigenvalue weighted by Crippen LogP contribution is -2.59. The second kappa shape index (κ2) is 7.08. The van der Waals surface area contributed by atoms with Gasteiger partial charge in [0.1, 0.15) is 5.54 Å². The summed E-state index contributed by atoms with van der Waals surface area (Å²) in [6.07, 6.45) is 2.44. The quantitative estimate of drug-likeness (QED) is 0.796. The molecule has 1 aromatic carbocycles. The van der Waals surface area contributed by atoms with Crippen LogP contribution in [0.3, 0.4) is 0 Å². The SMILES string of the molecule is CCCOc1c(Cl)cc(C(=O)NC2(C(=O)O)CCC2)cc1OC. The van der Waals surface area contributed by atoms with Crippen molar-refractivity contribution in [3.63, 3.8) is 0 Å². The number of halogens is 1. The first-order valence-corrected chi connectivity index (χ1v) is 7.87. The monoisotopic (exact) mass is 341 g/mol. The highest BCUT2D eigenvalue weighted by Gasteiger charge is 2.45. The van der Waals surface area contributed by atoms with Crippen LogP contribution in [0.2, 0.25) is 5.02 Å². The van der Waals surface area contributed by atoms with E-state index in [2.05, 4.69) is 5.32 Å². The van der Waals surface area contributed by atoms with Crippen LogP contribution in [0.4, 0.5) is 0 Å². The lowest BCUT2D eigenvalue weighted by Gasteiger charge is -2.38. The Morgan fingerprint density at radius 2 is 2.09 bits per heavy atom. The Morgan fingerprint density at radius 1 is 1.39 bits per heavy atom. The van der Waals surface area contributed by atoms with Gasteiger partial charge in [0.2, 0.25) is 0 Å². The molecule has 0 spiro atoms. The van der Waals surface area contributed by atoms with Crippen molar-refractivity contribution < 1.29 is 24.2 Å². The van der Waals surface area contributed by atoms with Gasteiger partial charge in [-0.2, -0.15) is 0 Å². The summed E-state index contributed by atoms with van der Waals surface area (Å²) in [5, 5.41) is 12.1. The first-order valence-electron chi connectivity index (χ1n) is 7.49. The van der Waals surface area contributed by atoms with Crippen molar-refractivity contribution >= 4 is 23.5 Å². The number of aliphatic carboxylic acids is 1. The number of methoxy groups -OCH3 is 1. The second-order valence-corrected chi connectivity index (χ2v) is 5.94. The van der Waals surface area contributed by atoms with E-state index in [1.807, 2.05) is 6.92 Å². The minimum absolute atomic E-state index is 0.239. The molecule has 0 radical (unpaired) electrons.